The lowest BCUT2D eigenvalue weighted by atomic mass is 9.98. The van der Waals surface area contributed by atoms with Gasteiger partial charge in [0.05, 0.1) is 5.69 Å². The van der Waals surface area contributed by atoms with Gasteiger partial charge in [-0.15, -0.1) is 0 Å². The molecule has 1 heterocycles. The van der Waals surface area contributed by atoms with Crippen molar-refractivity contribution in [3.63, 3.8) is 0 Å². The number of fused-ring (bicyclic) bond motifs is 1. The first-order valence-electron chi connectivity index (χ1n) is 7.03. The molecule has 0 fully saturated rings. The maximum atomic E-state index is 12.6. The molecule has 0 radical (unpaired) electrons. The number of benzene rings is 2. The van der Waals surface area contributed by atoms with E-state index in [1.807, 2.05) is 44.2 Å². The van der Waals surface area contributed by atoms with Gasteiger partial charge in [0, 0.05) is 18.3 Å². The standard InChI is InChI=1S/C18H18N2O/c1-11-9-10-16(15-8-6-5-7-14(11)15)17-18(21)20(4)13(3)12(2)19-17/h5-10H,1-4H3. The van der Waals surface area contributed by atoms with Gasteiger partial charge < -0.3 is 4.57 Å². The summed E-state index contributed by atoms with van der Waals surface area (Å²) in [6.07, 6.45) is 0. The van der Waals surface area contributed by atoms with Crippen LogP contribution < -0.4 is 5.56 Å². The minimum atomic E-state index is -0.0490. The number of hydrogen-bond acceptors (Lipinski definition) is 2. The molecule has 3 aromatic rings. The van der Waals surface area contributed by atoms with Crippen molar-refractivity contribution in [2.45, 2.75) is 20.8 Å². The summed E-state index contributed by atoms with van der Waals surface area (Å²) in [4.78, 5) is 17.1. The van der Waals surface area contributed by atoms with Crippen LogP contribution >= 0.6 is 0 Å². The van der Waals surface area contributed by atoms with Gasteiger partial charge in [-0.3, -0.25) is 4.79 Å². The topological polar surface area (TPSA) is 34.9 Å². The summed E-state index contributed by atoms with van der Waals surface area (Å²) in [5, 5.41) is 2.24. The Morgan fingerprint density at radius 2 is 1.62 bits per heavy atom. The predicted molar refractivity (Wildman–Crippen MR) is 86.6 cm³/mol. The molecular formula is C18H18N2O. The highest BCUT2D eigenvalue weighted by Gasteiger charge is 2.13. The largest absolute Gasteiger partial charge is 0.312 e. The molecule has 0 N–H and O–H groups in total. The number of aryl methyl sites for hydroxylation is 2. The average Bonchev–Trinajstić information content (AvgIpc) is 2.50. The number of aromatic nitrogens is 2. The van der Waals surface area contributed by atoms with Crippen molar-refractivity contribution in [1.29, 1.82) is 0 Å². The predicted octanol–water partition coefficient (Wildman–Crippen LogP) is 3.53. The van der Waals surface area contributed by atoms with Crippen LogP contribution in [0.25, 0.3) is 22.0 Å². The van der Waals surface area contributed by atoms with Crippen molar-refractivity contribution < 1.29 is 0 Å². The highest BCUT2D eigenvalue weighted by atomic mass is 16.1. The fourth-order valence-corrected chi connectivity index (χ4v) is 2.68. The smallest absolute Gasteiger partial charge is 0.277 e. The highest BCUT2D eigenvalue weighted by molar-refractivity contribution is 5.97. The van der Waals surface area contributed by atoms with Gasteiger partial charge in [0.2, 0.25) is 0 Å². The first-order chi connectivity index (χ1) is 10.0. The first-order valence-corrected chi connectivity index (χ1v) is 7.03. The monoisotopic (exact) mass is 278 g/mol. The molecule has 0 atom stereocenters. The lowest BCUT2D eigenvalue weighted by Gasteiger charge is -2.12. The molecule has 0 aliphatic carbocycles. The zero-order valence-corrected chi connectivity index (χ0v) is 12.8. The number of rotatable bonds is 1. The van der Waals surface area contributed by atoms with E-state index >= 15 is 0 Å². The van der Waals surface area contributed by atoms with E-state index in [1.54, 1.807) is 11.6 Å². The van der Waals surface area contributed by atoms with E-state index in [9.17, 15) is 4.79 Å². The Balaban J connectivity index is 2.43. The summed E-state index contributed by atoms with van der Waals surface area (Å²) < 4.78 is 1.67. The Hall–Kier alpha value is -2.42. The minimum absolute atomic E-state index is 0.0490. The molecule has 0 aliphatic heterocycles. The molecule has 0 amide bonds. The maximum Gasteiger partial charge on any atom is 0.277 e. The van der Waals surface area contributed by atoms with E-state index in [1.165, 1.54) is 5.56 Å². The SMILES string of the molecule is Cc1nc(-c2ccc(C)c3ccccc23)c(=O)n(C)c1C. The van der Waals surface area contributed by atoms with Crippen LogP contribution in [0.4, 0.5) is 0 Å². The van der Waals surface area contributed by atoms with Crippen LogP contribution in [0.3, 0.4) is 0 Å². The van der Waals surface area contributed by atoms with Crippen molar-refractivity contribution in [3.8, 4) is 11.3 Å². The zero-order chi connectivity index (χ0) is 15.1. The maximum absolute atomic E-state index is 12.6. The molecule has 2 aromatic carbocycles. The van der Waals surface area contributed by atoms with Crippen LogP contribution in [0.2, 0.25) is 0 Å². The van der Waals surface area contributed by atoms with E-state index in [0.29, 0.717) is 5.69 Å². The summed E-state index contributed by atoms with van der Waals surface area (Å²) in [5.74, 6) is 0. The minimum Gasteiger partial charge on any atom is -0.312 e. The van der Waals surface area contributed by atoms with E-state index in [2.05, 4.69) is 18.0 Å². The molecule has 0 saturated carbocycles. The Morgan fingerprint density at radius 1 is 0.952 bits per heavy atom. The number of hydrogen-bond donors (Lipinski definition) is 0. The van der Waals surface area contributed by atoms with E-state index < -0.39 is 0 Å². The van der Waals surface area contributed by atoms with Crippen LogP contribution in [0.1, 0.15) is 17.0 Å². The molecule has 106 valence electrons. The highest BCUT2D eigenvalue weighted by Crippen LogP contribution is 2.28. The molecule has 3 rings (SSSR count). The summed E-state index contributed by atoms with van der Waals surface area (Å²) >= 11 is 0. The van der Waals surface area contributed by atoms with Gasteiger partial charge in [0.1, 0.15) is 5.69 Å². The van der Waals surface area contributed by atoms with Gasteiger partial charge in [-0.1, -0.05) is 36.4 Å². The summed E-state index contributed by atoms with van der Waals surface area (Å²) in [7, 11) is 1.80. The van der Waals surface area contributed by atoms with Crippen molar-refractivity contribution >= 4 is 10.8 Å². The van der Waals surface area contributed by atoms with Gasteiger partial charge >= 0.3 is 0 Å². The van der Waals surface area contributed by atoms with Gasteiger partial charge in [-0.05, 0) is 37.1 Å². The third-order valence-electron chi connectivity index (χ3n) is 4.21. The van der Waals surface area contributed by atoms with Gasteiger partial charge in [-0.25, -0.2) is 4.98 Å². The Kier molecular flexibility index (Phi) is 3.13. The van der Waals surface area contributed by atoms with Crippen molar-refractivity contribution in [2.24, 2.45) is 7.05 Å². The van der Waals surface area contributed by atoms with Crippen LogP contribution in [-0.2, 0) is 7.05 Å². The van der Waals surface area contributed by atoms with Crippen molar-refractivity contribution in [1.82, 2.24) is 9.55 Å². The molecule has 0 aliphatic rings. The quantitative estimate of drug-likeness (QED) is 0.682. The molecule has 0 spiro atoms. The molecule has 3 nitrogen and oxygen atoms in total. The molecule has 0 saturated heterocycles. The fourth-order valence-electron chi connectivity index (χ4n) is 2.68. The Labute approximate surface area is 123 Å². The van der Waals surface area contributed by atoms with E-state index in [4.69, 9.17) is 0 Å². The fraction of sp³-hybridized carbons (Fsp3) is 0.222. The van der Waals surface area contributed by atoms with Crippen molar-refractivity contribution in [2.75, 3.05) is 0 Å². The summed E-state index contributed by atoms with van der Waals surface area (Å²) in [6, 6.07) is 12.2. The zero-order valence-electron chi connectivity index (χ0n) is 12.8. The van der Waals surface area contributed by atoms with E-state index in [0.717, 1.165) is 27.7 Å². The molecule has 21 heavy (non-hydrogen) atoms. The molecular weight excluding hydrogens is 260 g/mol. The average molecular weight is 278 g/mol. The van der Waals surface area contributed by atoms with Gasteiger partial charge in [0.25, 0.3) is 5.56 Å². The summed E-state index contributed by atoms with van der Waals surface area (Å²) in [6.45, 7) is 5.94. The second kappa shape index (κ2) is 4.85. The van der Waals surface area contributed by atoms with E-state index in [-0.39, 0.29) is 5.56 Å². The van der Waals surface area contributed by atoms with Gasteiger partial charge in [0.15, 0.2) is 0 Å². The second-order valence-corrected chi connectivity index (χ2v) is 5.47. The second-order valence-electron chi connectivity index (χ2n) is 5.47. The first kappa shape index (κ1) is 13.6. The van der Waals surface area contributed by atoms with Crippen molar-refractivity contribution in [3.05, 3.63) is 63.7 Å². The third-order valence-corrected chi connectivity index (χ3v) is 4.21. The summed E-state index contributed by atoms with van der Waals surface area (Å²) in [5.41, 5.74) is 4.37. The van der Waals surface area contributed by atoms with Crippen LogP contribution in [0, 0.1) is 20.8 Å². The number of nitrogens with zero attached hydrogens (tertiary/aromatic N) is 2. The Bertz CT molecular complexity index is 907. The third kappa shape index (κ3) is 2.05. The molecule has 0 bridgehead atoms. The molecule has 3 heteroatoms. The lowest BCUT2D eigenvalue weighted by Crippen LogP contribution is -2.23. The lowest BCUT2D eigenvalue weighted by molar-refractivity contribution is 0.788. The van der Waals surface area contributed by atoms with Crippen LogP contribution in [0.15, 0.2) is 41.2 Å². The normalized spacial score (nSPS) is 11.0. The van der Waals surface area contributed by atoms with Gasteiger partial charge in [-0.2, -0.15) is 0 Å². The van der Waals surface area contributed by atoms with Crippen LogP contribution in [0.5, 0.6) is 0 Å². The Morgan fingerprint density at radius 3 is 2.33 bits per heavy atom. The molecule has 0 unspecified atom stereocenters. The molecule has 1 aromatic heterocycles. The van der Waals surface area contributed by atoms with Crippen LogP contribution in [-0.4, -0.2) is 9.55 Å².